The summed E-state index contributed by atoms with van der Waals surface area (Å²) in [6, 6.07) is 11.4. The molecule has 2 aromatic carbocycles. The summed E-state index contributed by atoms with van der Waals surface area (Å²) in [4.78, 5) is 11.6. The van der Waals surface area contributed by atoms with E-state index in [0.717, 1.165) is 16.1 Å². The second kappa shape index (κ2) is 8.29. The summed E-state index contributed by atoms with van der Waals surface area (Å²) in [6.45, 7) is 1.83. The fourth-order valence-electron chi connectivity index (χ4n) is 2.68. The Labute approximate surface area is 178 Å². The van der Waals surface area contributed by atoms with E-state index >= 15 is 0 Å². The summed E-state index contributed by atoms with van der Waals surface area (Å²) < 4.78 is 27.0. The smallest absolute Gasteiger partial charge is 0.246 e. The summed E-state index contributed by atoms with van der Waals surface area (Å²) in [5.74, 6) is 0. The van der Waals surface area contributed by atoms with Gasteiger partial charge in [0.25, 0.3) is 10.0 Å². The molecular weight excluding hydrogens is 445 g/mol. The third-order valence-corrected chi connectivity index (χ3v) is 6.34. The highest BCUT2D eigenvalue weighted by Gasteiger charge is 2.37. The molecule has 10 heteroatoms. The van der Waals surface area contributed by atoms with Crippen molar-refractivity contribution >= 4 is 56.6 Å². The first-order valence-corrected chi connectivity index (χ1v) is 10.9. The fourth-order valence-corrected chi connectivity index (χ4v) is 4.13. The lowest BCUT2D eigenvalue weighted by Crippen LogP contribution is -2.45. The van der Waals surface area contributed by atoms with Crippen molar-refractivity contribution in [2.75, 3.05) is 0 Å². The van der Waals surface area contributed by atoms with Gasteiger partial charge in [0.2, 0.25) is 0 Å². The van der Waals surface area contributed by atoms with Crippen molar-refractivity contribution in [1.29, 1.82) is 0 Å². The molecule has 148 valence electrons. The molecule has 0 fully saturated rings. The summed E-state index contributed by atoms with van der Waals surface area (Å²) in [7, 11) is -4.06. The number of benzene rings is 2. The van der Waals surface area contributed by atoms with E-state index in [1.54, 1.807) is 36.4 Å². The van der Waals surface area contributed by atoms with E-state index in [1.165, 1.54) is 12.1 Å². The minimum atomic E-state index is -4.06. The number of halogens is 3. The van der Waals surface area contributed by atoms with Gasteiger partial charge >= 0.3 is 6.03 Å². The number of alkyl halides is 2. The van der Waals surface area contributed by atoms with Crippen LogP contribution in [0.4, 0.5) is 4.79 Å². The minimum absolute atomic E-state index is 0.0302. The molecule has 1 atom stereocenters. The van der Waals surface area contributed by atoms with Crippen LogP contribution in [0.5, 0.6) is 0 Å². The lowest BCUT2D eigenvalue weighted by atomic mass is 10.1. The number of amides is 2. The van der Waals surface area contributed by atoms with Crippen LogP contribution >= 0.6 is 34.8 Å². The molecule has 0 saturated carbocycles. The SMILES string of the molecule is Cc1ccc(S(=O)(=O)NC(=O)N2N=C(c3ccc(Cl)cc3)CC2C(Cl)Cl)cc1. The normalized spacial score (nSPS) is 17.0. The van der Waals surface area contributed by atoms with Crippen LogP contribution < -0.4 is 4.72 Å². The van der Waals surface area contributed by atoms with Crippen molar-refractivity contribution in [1.82, 2.24) is 9.73 Å². The molecule has 6 nitrogen and oxygen atoms in total. The van der Waals surface area contributed by atoms with E-state index in [9.17, 15) is 13.2 Å². The number of carbonyl (C=O) groups is 1. The molecule has 3 rings (SSSR count). The van der Waals surface area contributed by atoms with Crippen LogP contribution in [0.1, 0.15) is 17.5 Å². The van der Waals surface area contributed by atoms with Crippen molar-refractivity contribution in [3.63, 3.8) is 0 Å². The standard InChI is InChI=1S/C18H16Cl3N3O3S/c1-11-2-8-14(9-3-11)28(26,27)23-18(25)24-16(17(20)21)10-15(22-24)12-4-6-13(19)7-5-12/h2-9,16-17H,10H2,1H3,(H,23,25). The molecule has 1 N–H and O–H groups in total. The van der Waals surface area contributed by atoms with Gasteiger partial charge in [0.05, 0.1) is 16.6 Å². The average molecular weight is 461 g/mol. The van der Waals surface area contributed by atoms with E-state index in [4.69, 9.17) is 34.8 Å². The lowest BCUT2D eigenvalue weighted by Gasteiger charge is -2.22. The van der Waals surface area contributed by atoms with Gasteiger partial charge in [0.15, 0.2) is 0 Å². The van der Waals surface area contributed by atoms with E-state index in [1.807, 2.05) is 11.6 Å². The highest BCUT2D eigenvalue weighted by atomic mass is 35.5. The van der Waals surface area contributed by atoms with Crippen molar-refractivity contribution in [2.24, 2.45) is 5.10 Å². The van der Waals surface area contributed by atoms with Gasteiger partial charge in [0, 0.05) is 11.4 Å². The average Bonchev–Trinajstić information content (AvgIpc) is 3.08. The summed E-state index contributed by atoms with van der Waals surface area (Å²) in [5.41, 5.74) is 2.19. The molecule has 1 unspecified atom stereocenters. The molecule has 1 aliphatic heterocycles. The maximum atomic E-state index is 12.6. The van der Waals surface area contributed by atoms with Crippen LogP contribution in [-0.4, -0.2) is 36.0 Å². The zero-order valence-corrected chi connectivity index (χ0v) is 17.7. The zero-order chi connectivity index (χ0) is 20.5. The Morgan fingerprint density at radius 1 is 1.14 bits per heavy atom. The van der Waals surface area contributed by atoms with Crippen molar-refractivity contribution < 1.29 is 13.2 Å². The number of rotatable bonds is 4. The number of hydrogen-bond acceptors (Lipinski definition) is 4. The number of hydrogen-bond donors (Lipinski definition) is 1. The van der Waals surface area contributed by atoms with Gasteiger partial charge in [-0.25, -0.2) is 22.9 Å². The quantitative estimate of drug-likeness (QED) is 0.690. The second-order valence-electron chi connectivity index (χ2n) is 6.23. The van der Waals surface area contributed by atoms with Crippen LogP contribution in [0.25, 0.3) is 0 Å². The zero-order valence-electron chi connectivity index (χ0n) is 14.6. The summed E-state index contributed by atoms with van der Waals surface area (Å²) in [6.07, 6.45) is 0.275. The van der Waals surface area contributed by atoms with E-state index < -0.39 is 26.9 Å². The van der Waals surface area contributed by atoms with Crippen LogP contribution in [0, 0.1) is 6.92 Å². The van der Waals surface area contributed by atoms with Crippen molar-refractivity contribution in [3.05, 3.63) is 64.7 Å². The number of hydrazone groups is 1. The predicted molar refractivity (Wildman–Crippen MR) is 111 cm³/mol. The van der Waals surface area contributed by atoms with Crippen LogP contribution in [0.15, 0.2) is 58.5 Å². The first-order valence-electron chi connectivity index (χ1n) is 8.21. The molecule has 0 aromatic heterocycles. The summed E-state index contributed by atoms with van der Waals surface area (Å²) in [5, 5.41) is 5.78. The molecule has 0 aliphatic carbocycles. The number of nitrogens with zero attached hydrogens (tertiary/aromatic N) is 2. The molecule has 1 aliphatic rings. The molecular formula is C18H16Cl3N3O3S. The topological polar surface area (TPSA) is 78.8 Å². The third kappa shape index (κ3) is 4.60. The van der Waals surface area contributed by atoms with Crippen LogP contribution in [-0.2, 0) is 10.0 Å². The Morgan fingerprint density at radius 3 is 2.32 bits per heavy atom. The number of urea groups is 1. The lowest BCUT2D eigenvalue weighted by molar-refractivity contribution is 0.194. The van der Waals surface area contributed by atoms with Gasteiger partial charge in [-0.2, -0.15) is 5.10 Å². The number of sulfonamides is 1. The third-order valence-electron chi connectivity index (χ3n) is 4.17. The highest BCUT2D eigenvalue weighted by molar-refractivity contribution is 7.90. The molecule has 28 heavy (non-hydrogen) atoms. The number of nitrogens with one attached hydrogen (secondary N) is 1. The van der Waals surface area contributed by atoms with Gasteiger partial charge in [-0.05, 0) is 36.8 Å². The van der Waals surface area contributed by atoms with Gasteiger partial charge in [-0.1, -0.05) is 41.4 Å². The molecule has 1 heterocycles. The van der Waals surface area contributed by atoms with Crippen molar-refractivity contribution in [2.45, 2.75) is 29.1 Å². The van der Waals surface area contributed by atoms with E-state index in [2.05, 4.69) is 5.10 Å². The fraction of sp³-hybridized carbons (Fsp3) is 0.222. The van der Waals surface area contributed by atoms with Gasteiger partial charge in [0.1, 0.15) is 4.84 Å². The first kappa shape index (κ1) is 20.9. The monoisotopic (exact) mass is 459 g/mol. The van der Waals surface area contributed by atoms with Crippen LogP contribution in [0.2, 0.25) is 5.02 Å². The maximum Gasteiger partial charge on any atom is 0.352 e. The Bertz CT molecular complexity index is 1010. The Hall–Kier alpha value is -1.80. The maximum absolute atomic E-state index is 12.6. The molecule has 2 amide bonds. The molecule has 0 radical (unpaired) electrons. The van der Waals surface area contributed by atoms with E-state index in [0.29, 0.717) is 10.7 Å². The Kier molecular flexibility index (Phi) is 6.19. The Morgan fingerprint density at radius 2 is 1.75 bits per heavy atom. The highest BCUT2D eigenvalue weighted by Crippen LogP contribution is 2.28. The van der Waals surface area contributed by atoms with Gasteiger partial charge in [-0.15, -0.1) is 23.2 Å². The second-order valence-corrected chi connectivity index (χ2v) is 9.51. The van der Waals surface area contributed by atoms with Gasteiger partial charge in [-0.3, -0.25) is 0 Å². The largest absolute Gasteiger partial charge is 0.352 e. The molecule has 2 aromatic rings. The Balaban J connectivity index is 1.85. The van der Waals surface area contributed by atoms with Crippen molar-refractivity contribution in [3.8, 4) is 0 Å². The molecule has 0 spiro atoms. The number of carbonyl (C=O) groups excluding carboxylic acids is 1. The summed E-state index contributed by atoms with van der Waals surface area (Å²) >= 11 is 17.9. The van der Waals surface area contributed by atoms with Gasteiger partial charge < -0.3 is 0 Å². The number of aryl methyl sites for hydroxylation is 1. The molecule has 0 saturated heterocycles. The molecule has 0 bridgehead atoms. The first-order chi connectivity index (χ1) is 13.2. The predicted octanol–water partition coefficient (Wildman–Crippen LogP) is 4.33. The van der Waals surface area contributed by atoms with E-state index in [-0.39, 0.29) is 11.3 Å². The van der Waals surface area contributed by atoms with Crippen LogP contribution in [0.3, 0.4) is 0 Å². The minimum Gasteiger partial charge on any atom is -0.246 e.